The lowest BCUT2D eigenvalue weighted by Gasteiger charge is -2.41. The molecule has 2 fully saturated rings. The van der Waals surface area contributed by atoms with Crippen LogP contribution in [0, 0.1) is 11.8 Å². The molecule has 0 aromatic heterocycles. The molecule has 0 radical (unpaired) electrons. The number of carbonyl (C=O) groups is 2. The van der Waals surface area contributed by atoms with Gasteiger partial charge in [0.2, 0.25) is 11.8 Å². The van der Waals surface area contributed by atoms with Gasteiger partial charge in [0, 0.05) is 30.2 Å². The summed E-state index contributed by atoms with van der Waals surface area (Å²) in [6, 6.07) is 6.45. The number of nitrogens with two attached hydrogens (primary N) is 1. The number of aromatic hydroxyl groups is 1. The molecule has 1 aromatic rings. The van der Waals surface area contributed by atoms with Crippen molar-refractivity contribution in [1.29, 1.82) is 0 Å². The van der Waals surface area contributed by atoms with Crippen LogP contribution in [0.2, 0.25) is 0 Å². The first-order valence-electron chi connectivity index (χ1n) is 9.54. The fraction of sp³-hybridized carbons (Fsp3) is 0.600. The van der Waals surface area contributed by atoms with E-state index in [2.05, 4.69) is 5.32 Å². The highest BCUT2D eigenvalue weighted by Crippen LogP contribution is 2.34. The van der Waals surface area contributed by atoms with Crippen LogP contribution < -0.4 is 11.1 Å². The zero-order valence-corrected chi connectivity index (χ0v) is 16.6. The maximum absolute atomic E-state index is 12.9. The first kappa shape index (κ1) is 21.5. The summed E-state index contributed by atoms with van der Waals surface area (Å²) in [6.07, 6.45) is 5.26. The van der Waals surface area contributed by atoms with Crippen molar-refractivity contribution in [2.45, 2.75) is 51.0 Å². The van der Waals surface area contributed by atoms with Crippen molar-refractivity contribution >= 4 is 29.9 Å². The van der Waals surface area contributed by atoms with Crippen LogP contribution >= 0.6 is 12.4 Å². The third-order valence-corrected chi connectivity index (χ3v) is 5.86. The van der Waals surface area contributed by atoms with Crippen LogP contribution in [0.25, 0.3) is 0 Å². The van der Waals surface area contributed by atoms with Gasteiger partial charge in [-0.25, -0.2) is 0 Å². The van der Waals surface area contributed by atoms with Crippen LogP contribution in [0.1, 0.15) is 45.4 Å². The molecular weight excluding hydrogens is 366 g/mol. The summed E-state index contributed by atoms with van der Waals surface area (Å²) in [4.78, 5) is 27.2. The third-order valence-electron chi connectivity index (χ3n) is 5.86. The summed E-state index contributed by atoms with van der Waals surface area (Å²) in [6.45, 7) is 3.21. The lowest BCUT2D eigenvalue weighted by Crippen LogP contribution is -2.55. The molecule has 0 spiro atoms. The van der Waals surface area contributed by atoms with E-state index in [-0.39, 0.29) is 41.8 Å². The Kier molecular flexibility index (Phi) is 7.12. The minimum atomic E-state index is -0.414. The maximum atomic E-state index is 12.9. The second-order valence-corrected chi connectivity index (χ2v) is 7.94. The minimum absolute atomic E-state index is 0. The van der Waals surface area contributed by atoms with E-state index < -0.39 is 5.54 Å². The van der Waals surface area contributed by atoms with Crippen LogP contribution in [0.5, 0.6) is 5.75 Å². The van der Waals surface area contributed by atoms with E-state index in [9.17, 15) is 14.7 Å². The van der Waals surface area contributed by atoms with Gasteiger partial charge in [0.05, 0.1) is 5.92 Å². The highest BCUT2D eigenvalue weighted by atomic mass is 35.5. The largest absolute Gasteiger partial charge is 0.508 e. The zero-order valence-electron chi connectivity index (χ0n) is 15.8. The van der Waals surface area contributed by atoms with Gasteiger partial charge in [-0.05, 0) is 56.9 Å². The van der Waals surface area contributed by atoms with Crippen LogP contribution in [-0.4, -0.2) is 40.4 Å². The molecule has 1 saturated heterocycles. The molecule has 1 aromatic carbocycles. The number of amides is 2. The highest BCUT2D eigenvalue weighted by molar-refractivity contribution is 5.92. The molecule has 1 saturated carbocycles. The first-order valence-corrected chi connectivity index (χ1v) is 9.54. The fourth-order valence-corrected chi connectivity index (χ4v) is 4.14. The molecule has 1 heterocycles. The van der Waals surface area contributed by atoms with Gasteiger partial charge in [0.15, 0.2) is 0 Å². The maximum Gasteiger partial charge on any atom is 0.227 e. The van der Waals surface area contributed by atoms with E-state index >= 15 is 0 Å². The normalized spacial score (nSPS) is 26.1. The summed E-state index contributed by atoms with van der Waals surface area (Å²) >= 11 is 0. The number of phenolic OH excluding ortho intramolecular Hbond substituents is 1. The highest BCUT2D eigenvalue weighted by Gasteiger charge is 2.40. The molecule has 2 unspecified atom stereocenters. The zero-order chi connectivity index (χ0) is 18.7. The third kappa shape index (κ3) is 5.14. The number of nitrogens with one attached hydrogen (secondary N) is 1. The number of piperidine rings is 1. The molecular formula is C20H30ClN3O3. The number of anilines is 1. The molecule has 6 nitrogen and oxygen atoms in total. The van der Waals surface area contributed by atoms with Crippen molar-refractivity contribution in [2.75, 3.05) is 18.4 Å². The second-order valence-electron chi connectivity index (χ2n) is 7.94. The predicted octanol–water partition coefficient (Wildman–Crippen LogP) is 2.90. The summed E-state index contributed by atoms with van der Waals surface area (Å²) in [5.41, 5.74) is 6.63. The van der Waals surface area contributed by atoms with Gasteiger partial charge in [-0.15, -0.1) is 12.4 Å². The monoisotopic (exact) mass is 395 g/mol. The quantitative estimate of drug-likeness (QED) is 0.685. The van der Waals surface area contributed by atoms with Gasteiger partial charge in [0.25, 0.3) is 0 Å². The van der Waals surface area contributed by atoms with Gasteiger partial charge < -0.3 is 21.1 Å². The molecule has 3 rings (SSSR count). The Hall–Kier alpha value is -1.79. The van der Waals surface area contributed by atoms with Crippen LogP contribution in [-0.2, 0) is 9.59 Å². The molecule has 0 bridgehead atoms. The number of hydrogen-bond acceptors (Lipinski definition) is 4. The van der Waals surface area contributed by atoms with Crippen LogP contribution in [0.15, 0.2) is 24.3 Å². The molecule has 7 heteroatoms. The molecule has 4 N–H and O–H groups in total. The van der Waals surface area contributed by atoms with Gasteiger partial charge in [-0.1, -0.05) is 12.8 Å². The van der Waals surface area contributed by atoms with Crippen LogP contribution in [0.3, 0.4) is 0 Å². The number of carbonyl (C=O) groups excluding carboxylic acids is 2. The summed E-state index contributed by atoms with van der Waals surface area (Å²) < 4.78 is 0. The van der Waals surface area contributed by atoms with E-state index in [0.717, 1.165) is 25.7 Å². The van der Waals surface area contributed by atoms with Gasteiger partial charge in [-0.2, -0.15) is 0 Å². The number of benzene rings is 1. The van der Waals surface area contributed by atoms with Gasteiger partial charge in [-0.3, -0.25) is 9.59 Å². The molecule has 1 aliphatic heterocycles. The second kappa shape index (κ2) is 8.93. The Bertz CT molecular complexity index is 655. The van der Waals surface area contributed by atoms with E-state index in [1.807, 2.05) is 11.8 Å². The number of rotatable bonds is 3. The first-order chi connectivity index (χ1) is 12.4. The van der Waals surface area contributed by atoms with Crippen LogP contribution in [0.4, 0.5) is 5.69 Å². The average Bonchev–Trinajstić information content (AvgIpc) is 2.63. The Morgan fingerprint density at radius 2 is 1.78 bits per heavy atom. The van der Waals surface area contributed by atoms with Crippen molar-refractivity contribution in [3.63, 3.8) is 0 Å². The Balaban J connectivity index is 0.00000261. The fourth-order valence-electron chi connectivity index (χ4n) is 4.14. The number of nitrogens with zero attached hydrogens (tertiary/aromatic N) is 1. The minimum Gasteiger partial charge on any atom is -0.508 e. The van der Waals surface area contributed by atoms with Crippen molar-refractivity contribution in [1.82, 2.24) is 4.90 Å². The summed E-state index contributed by atoms with van der Waals surface area (Å²) in [5, 5.41) is 12.2. The van der Waals surface area contributed by atoms with E-state index in [1.165, 1.54) is 0 Å². The lowest BCUT2D eigenvalue weighted by atomic mass is 9.73. The standard InChI is InChI=1S/C20H29N3O3.ClH/c1-20(21)11-3-2-4-17(20)19(26)23-12-9-14(10-13-23)18(25)22-15-5-7-16(24)8-6-15;/h5-8,14,17,24H,2-4,9-13,21H2,1H3,(H,22,25);1H. The molecule has 27 heavy (non-hydrogen) atoms. The molecule has 2 atom stereocenters. The van der Waals surface area contributed by atoms with E-state index in [4.69, 9.17) is 5.73 Å². The smallest absolute Gasteiger partial charge is 0.227 e. The lowest BCUT2D eigenvalue weighted by molar-refractivity contribution is -0.141. The van der Waals surface area contributed by atoms with Crippen molar-refractivity contribution in [3.05, 3.63) is 24.3 Å². The van der Waals surface area contributed by atoms with E-state index in [1.54, 1.807) is 24.3 Å². The van der Waals surface area contributed by atoms with E-state index in [0.29, 0.717) is 31.6 Å². The Labute approximate surface area is 166 Å². The number of phenols is 1. The summed E-state index contributed by atoms with van der Waals surface area (Å²) in [7, 11) is 0. The van der Waals surface area contributed by atoms with Gasteiger partial charge >= 0.3 is 0 Å². The Morgan fingerprint density at radius 3 is 2.37 bits per heavy atom. The van der Waals surface area contributed by atoms with Crippen molar-refractivity contribution in [2.24, 2.45) is 17.6 Å². The molecule has 1 aliphatic carbocycles. The van der Waals surface area contributed by atoms with Gasteiger partial charge in [0.1, 0.15) is 5.75 Å². The Morgan fingerprint density at radius 1 is 1.15 bits per heavy atom. The number of likely N-dealkylation sites (tertiary alicyclic amines) is 1. The average molecular weight is 396 g/mol. The summed E-state index contributed by atoms with van der Waals surface area (Å²) in [5.74, 6) is 0.114. The topological polar surface area (TPSA) is 95.7 Å². The van der Waals surface area contributed by atoms with Crippen molar-refractivity contribution in [3.8, 4) is 5.75 Å². The van der Waals surface area contributed by atoms with Crippen molar-refractivity contribution < 1.29 is 14.7 Å². The number of halogens is 1. The predicted molar refractivity (Wildman–Crippen MR) is 108 cm³/mol. The SMILES string of the molecule is CC1(N)CCCCC1C(=O)N1CCC(C(=O)Nc2ccc(O)cc2)CC1.Cl. The molecule has 2 aliphatic rings. The number of hydrogen-bond donors (Lipinski definition) is 3. The molecule has 2 amide bonds. The molecule has 150 valence electrons.